The van der Waals surface area contributed by atoms with Crippen molar-refractivity contribution in [2.45, 2.75) is 19.3 Å². The molecule has 1 aliphatic heterocycles. The Hall–Kier alpha value is -1.85. The highest BCUT2D eigenvalue weighted by molar-refractivity contribution is 5.25. The molecular weight excluding hydrogens is 313 g/mol. The van der Waals surface area contributed by atoms with Crippen molar-refractivity contribution in [3.63, 3.8) is 0 Å². The maximum Gasteiger partial charge on any atom is 0.416 e. The Bertz CT molecular complexity index is 647. The van der Waals surface area contributed by atoms with Crippen LogP contribution < -0.4 is 0 Å². The third-order valence-corrected chi connectivity index (χ3v) is 4.37. The molecule has 3 rings (SSSR count). The van der Waals surface area contributed by atoms with Crippen molar-refractivity contribution >= 4 is 0 Å². The summed E-state index contributed by atoms with van der Waals surface area (Å²) in [7, 11) is 0. The second-order valence-electron chi connectivity index (χ2n) is 6.24. The monoisotopic (exact) mass is 334 g/mol. The van der Waals surface area contributed by atoms with Gasteiger partial charge >= 0.3 is 6.18 Å². The minimum absolute atomic E-state index is 0.567. The van der Waals surface area contributed by atoms with E-state index in [-0.39, 0.29) is 0 Å². The lowest BCUT2D eigenvalue weighted by Gasteiger charge is -2.34. The molecule has 1 aliphatic rings. The predicted molar refractivity (Wildman–Crippen MR) is 88.4 cm³/mol. The SMILES string of the molecule is FC(F)(F)c1cccc(CN2CCN(Cc3ccccc3)CC2)c1. The standard InChI is InChI=1S/C19H21F3N2/c20-19(21,22)18-8-4-7-17(13-18)15-24-11-9-23(10-12-24)14-16-5-2-1-3-6-16/h1-8,13H,9-12,14-15H2. The number of alkyl halides is 3. The summed E-state index contributed by atoms with van der Waals surface area (Å²) in [6.45, 7) is 5.13. The quantitative estimate of drug-likeness (QED) is 0.833. The summed E-state index contributed by atoms with van der Waals surface area (Å²) in [6.07, 6.45) is -4.27. The summed E-state index contributed by atoms with van der Waals surface area (Å²) in [5.74, 6) is 0. The van der Waals surface area contributed by atoms with Crippen molar-refractivity contribution in [3.8, 4) is 0 Å². The molecule has 0 aromatic heterocycles. The van der Waals surface area contributed by atoms with E-state index in [1.165, 1.54) is 17.7 Å². The Morgan fingerprint density at radius 2 is 1.25 bits per heavy atom. The van der Waals surface area contributed by atoms with E-state index in [1.807, 2.05) is 18.2 Å². The molecule has 1 fully saturated rings. The Balaban J connectivity index is 1.52. The van der Waals surface area contributed by atoms with Gasteiger partial charge in [0.25, 0.3) is 0 Å². The van der Waals surface area contributed by atoms with Crippen LogP contribution >= 0.6 is 0 Å². The lowest BCUT2D eigenvalue weighted by atomic mass is 10.1. The molecule has 0 amide bonds. The van der Waals surface area contributed by atoms with E-state index < -0.39 is 11.7 Å². The number of hydrogen-bond donors (Lipinski definition) is 0. The van der Waals surface area contributed by atoms with Gasteiger partial charge in [0.1, 0.15) is 0 Å². The Labute approximate surface area is 140 Å². The predicted octanol–water partition coefficient (Wildman–Crippen LogP) is 4.02. The summed E-state index contributed by atoms with van der Waals surface area (Å²) >= 11 is 0. The second kappa shape index (κ2) is 7.36. The van der Waals surface area contributed by atoms with Gasteiger partial charge in [-0.05, 0) is 17.2 Å². The molecule has 5 heteroatoms. The minimum atomic E-state index is -4.27. The summed E-state index contributed by atoms with van der Waals surface area (Å²) < 4.78 is 38.4. The van der Waals surface area contributed by atoms with Crippen LogP contribution in [0.1, 0.15) is 16.7 Å². The molecule has 2 aromatic carbocycles. The molecule has 0 spiro atoms. The molecule has 0 radical (unpaired) electrons. The lowest BCUT2D eigenvalue weighted by molar-refractivity contribution is -0.137. The van der Waals surface area contributed by atoms with Crippen LogP contribution in [-0.2, 0) is 19.3 Å². The second-order valence-corrected chi connectivity index (χ2v) is 6.24. The average molecular weight is 334 g/mol. The van der Waals surface area contributed by atoms with Crippen molar-refractivity contribution in [2.75, 3.05) is 26.2 Å². The molecule has 1 heterocycles. The van der Waals surface area contributed by atoms with E-state index in [4.69, 9.17) is 0 Å². The summed E-state index contributed by atoms with van der Waals surface area (Å²) in [5.41, 5.74) is 1.45. The van der Waals surface area contributed by atoms with Crippen molar-refractivity contribution in [1.29, 1.82) is 0 Å². The zero-order chi connectivity index (χ0) is 17.0. The molecule has 2 aromatic rings. The fourth-order valence-corrected chi connectivity index (χ4v) is 3.05. The Morgan fingerprint density at radius 3 is 1.83 bits per heavy atom. The van der Waals surface area contributed by atoms with Gasteiger partial charge in [0.15, 0.2) is 0 Å². The average Bonchev–Trinajstić information content (AvgIpc) is 2.57. The van der Waals surface area contributed by atoms with Gasteiger partial charge in [-0.1, -0.05) is 48.5 Å². The van der Waals surface area contributed by atoms with Gasteiger partial charge in [-0.3, -0.25) is 9.80 Å². The van der Waals surface area contributed by atoms with Gasteiger partial charge in [0.2, 0.25) is 0 Å². The molecule has 0 atom stereocenters. The minimum Gasteiger partial charge on any atom is -0.297 e. The Morgan fingerprint density at radius 1 is 0.708 bits per heavy atom. The third kappa shape index (κ3) is 4.58. The molecule has 0 bridgehead atoms. The van der Waals surface area contributed by atoms with E-state index in [0.29, 0.717) is 6.54 Å². The van der Waals surface area contributed by atoms with E-state index in [2.05, 4.69) is 21.9 Å². The van der Waals surface area contributed by atoms with Crippen molar-refractivity contribution in [3.05, 3.63) is 71.3 Å². The summed E-state index contributed by atoms with van der Waals surface area (Å²) in [5, 5.41) is 0. The molecule has 2 nitrogen and oxygen atoms in total. The van der Waals surface area contributed by atoms with Gasteiger partial charge in [-0.15, -0.1) is 0 Å². The van der Waals surface area contributed by atoms with E-state index >= 15 is 0 Å². The van der Waals surface area contributed by atoms with Gasteiger partial charge < -0.3 is 0 Å². The fraction of sp³-hybridized carbons (Fsp3) is 0.368. The number of piperazine rings is 1. The molecule has 0 N–H and O–H groups in total. The van der Waals surface area contributed by atoms with E-state index in [9.17, 15) is 13.2 Å². The maximum absolute atomic E-state index is 12.8. The number of halogens is 3. The van der Waals surface area contributed by atoms with Gasteiger partial charge in [-0.25, -0.2) is 0 Å². The maximum atomic E-state index is 12.8. The largest absolute Gasteiger partial charge is 0.416 e. The van der Waals surface area contributed by atoms with Crippen LogP contribution in [0.2, 0.25) is 0 Å². The first-order chi connectivity index (χ1) is 11.5. The number of nitrogens with zero attached hydrogens (tertiary/aromatic N) is 2. The normalized spacial score (nSPS) is 17.1. The molecule has 1 saturated heterocycles. The number of hydrogen-bond acceptors (Lipinski definition) is 2. The first-order valence-corrected chi connectivity index (χ1v) is 8.15. The fourth-order valence-electron chi connectivity index (χ4n) is 3.05. The van der Waals surface area contributed by atoms with E-state index in [1.54, 1.807) is 6.07 Å². The Kier molecular flexibility index (Phi) is 5.21. The summed E-state index contributed by atoms with van der Waals surface area (Å²) in [6, 6.07) is 16.0. The van der Waals surface area contributed by atoms with Gasteiger partial charge in [-0.2, -0.15) is 13.2 Å². The molecule has 24 heavy (non-hydrogen) atoms. The first-order valence-electron chi connectivity index (χ1n) is 8.15. The van der Waals surface area contributed by atoms with Crippen molar-refractivity contribution < 1.29 is 13.2 Å². The zero-order valence-electron chi connectivity index (χ0n) is 13.5. The van der Waals surface area contributed by atoms with Gasteiger partial charge in [0, 0.05) is 39.3 Å². The van der Waals surface area contributed by atoms with E-state index in [0.717, 1.165) is 44.4 Å². The van der Waals surface area contributed by atoms with Gasteiger partial charge in [0.05, 0.1) is 5.56 Å². The number of benzene rings is 2. The van der Waals surface area contributed by atoms with Crippen LogP contribution in [0, 0.1) is 0 Å². The lowest BCUT2D eigenvalue weighted by Crippen LogP contribution is -2.45. The van der Waals surface area contributed by atoms with Crippen LogP contribution in [0.5, 0.6) is 0 Å². The molecule has 128 valence electrons. The van der Waals surface area contributed by atoms with Crippen LogP contribution in [0.15, 0.2) is 54.6 Å². The summed E-state index contributed by atoms with van der Waals surface area (Å²) in [4.78, 5) is 4.61. The molecule has 0 aliphatic carbocycles. The highest BCUT2D eigenvalue weighted by Crippen LogP contribution is 2.29. The topological polar surface area (TPSA) is 6.48 Å². The van der Waals surface area contributed by atoms with Crippen LogP contribution in [-0.4, -0.2) is 36.0 Å². The first kappa shape index (κ1) is 17.0. The molecule has 0 unspecified atom stereocenters. The molecule has 0 saturated carbocycles. The van der Waals surface area contributed by atoms with Crippen LogP contribution in [0.25, 0.3) is 0 Å². The highest BCUT2D eigenvalue weighted by atomic mass is 19.4. The van der Waals surface area contributed by atoms with Crippen LogP contribution in [0.4, 0.5) is 13.2 Å². The van der Waals surface area contributed by atoms with Crippen molar-refractivity contribution in [1.82, 2.24) is 9.80 Å². The third-order valence-electron chi connectivity index (χ3n) is 4.37. The number of rotatable bonds is 4. The molecular formula is C19H21F3N2. The smallest absolute Gasteiger partial charge is 0.297 e. The van der Waals surface area contributed by atoms with Crippen LogP contribution in [0.3, 0.4) is 0 Å². The zero-order valence-corrected chi connectivity index (χ0v) is 13.5. The highest BCUT2D eigenvalue weighted by Gasteiger charge is 2.30. The van der Waals surface area contributed by atoms with Crippen molar-refractivity contribution in [2.24, 2.45) is 0 Å².